The van der Waals surface area contributed by atoms with Crippen molar-refractivity contribution in [2.45, 2.75) is 31.2 Å². The van der Waals surface area contributed by atoms with Gasteiger partial charge in [-0.3, -0.25) is 8.72 Å². The van der Waals surface area contributed by atoms with Gasteiger partial charge in [-0.05, 0) is 24.8 Å². The van der Waals surface area contributed by atoms with Crippen LogP contribution in [0.1, 0.15) is 24.8 Å². The summed E-state index contributed by atoms with van der Waals surface area (Å²) in [4.78, 5) is 23.0. The van der Waals surface area contributed by atoms with E-state index in [-0.39, 0.29) is 5.91 Å². The zero-order valence-corrected chi connectivity index (χ0v) is 11.4. The minimum Gasteiger partial charge on any atom is -0.479 e. The molecule has 0 unspecified atom stereocenters. The SMILES string of the molecule is O=C(CCc1ccccc1)N(Br)C1(C(=O)O)CC1. The van der Waals surface area contributed by atoms with Crippen molar-refractivity contribution in [1.82, 2.24) is 3.93 Å². The number of hydrogen-bond acceptors (Lipinski definition) is 2. The van der Waals surface area contributed by atoms with Gasteiger partial charge in [0.1, 0.15) is 0 Å². The summed E-state index contributed by atoms with van der Waals surface area (Å²) in [6, 6.07) is 9.67. The summed E-state index contributed by atoms with van der Waals surface area (Å²) in [6.07, 6.45) is 1.97. The molecule has 1 fully saturated rings. The number of amides is 1. The summed E-state index contributed by atoms with van der Waals surface area (Å²) in [5.74, 6) is -1.12. The molecule has 1 aliphatic rings. The molecule has 4 nitrogen and oxygen atoms in total. The average Bonchev–Trinajstić information content (AvgIpc) is 3.17. The molecule has 1 N–H and O–H groups in total. The standard InChI is InChI=1S/C13H14BrNO3/c14-15(13(8-9-13)12(17)18)11(16)7-6-10-4-2-1-3-5-10/h1-5H,6-9H2,(H,17,18). The van der Waals surface area contributed by atoms with Gasteiger partial charge >= 0.3 is 5.97 Å². The van der Waals surface area contributed by atoms with E-state index >= 15 is 0 Å². The molecule has 0 saturated heterocycles. The second-order valence-corrected chi connectivity index (χ2v) is 5.21. The number of carbonyl (C=O) groups excluding carboxylic acids is 1. The summed E-state index contributed by atoms with van der Waals surface area (Å²) in [5.41, 5.74) is 0.0697. The third-order valence-corrected chi connectivity index (χ3v) is 4.26. The van der Waals surface area contributed by atoms with E-state index in [9.17, 15) is 9.59 Å². The first-order valence-electron chi connectivity index (χ1n) is 5.82. The molecule has 0 spiro atoms. The molecular weight excluding hydrogens is 298 g/mol. The number of benzene rings is 1. The van der Waals surface area contributed by atoms with Crippen LogP contribution in [0.4, 0.5) is 0 Å². The maximum Gasteiger partial charge on any atom is 0.330 e. The Morgan fingerprint density at radius 1 is 1.28 bits per heavy atom. The lowest BCUT2D eigenvalue weighted by atomic mass is 10.1. The topological polar surface area (TPSA) is 57.6 Å². The predicted molar refractivity (Wildman–Crippen MR) is 70.1 cm³/mol. The maximum absolute atomic E-state index is 11.9. The summed E-state index contributed by atoms with van der Waals surface area (Å²) in [5, 5.41) is 9.08. The van der Waals surface area contributed by atoms with Gasteiger partial charge < -0.3 is 5.11 Å². The van der Waals surface area contributed by atoms with Crippen molar-refractivity contribution in [2.75, 3.05) is 0 Å². The fourth-order valence-electron chi connectivity index (χ4n) is 1.85. The molecule has 0 atom stereocenters. The van der Waals surface area contributed by atoms with Gasteiger partial charge in [0, 0.05) is 6.42 Å². The Kier molecular flexibility index (Phi) is 3.71. The Balaban J connectivity index is 1.91. The number of nitrogens with zero attached hydrogens (tertiary/aromatic N) is 1. The smallest absolute Gasteiger partial charge is 0.330 e. The number of carbonyl (C=O) groups is 2. The highest BCUT2D eigenvalue weighted by atomic mass is 79.9. The highest BCUT2D eigenvalue weighted by Gasteiger charge is 2.56. The lowest BCUT2D eigenvalue weighted by molar-refractivity contribution is -0.147. The van der Waals surface area contributed by atoms with Crippen LogP contribution in [0.25, 0.3) is 0 Å². The molecule has 0 aromatic heterocycles. The van der Waals surface area contributed by atoms with Gasteiger partial charge in [0.2, 0.25) is 5.91 Å². The van der Waals surface area contributed by atoms with Crippen molar-refractivity contribution in [3.8, 4) is 0 Å². The van der Waals surface area contributed by atoms with Crippen LogP contribution in [0, 0.1) is 0 Å². The quantitative estimate of drug-likeness (QED) is 0.849. The van der Waals surface area contributed by atoms with E-state index < -0.39 is 11.5 Å². The van der Waals surface area contributed by atoms with Crippen LogP contribution < -0.4 is 0 Å². The van der Waals surface area contributed by atoms with Gasteiger partial charge in [0.25, 0.3) is 0 Å². The average molecular weight is 312 g/mol. The Bertz CT molecular complexity index is 457. The van der Waals surface area contributed by atoms with Crippen LogP contribution in [0.3, 0.4) is 0 Å². The molecule has 1 aromatic carbocycles. The summed E-state index contributed by atoms with van der Waals surface area (Å²) >= 11 is 3.10. The van der Waals surface area contributed by atoms with E-state index in [0.29, 0.717) is 25.7 Å². The second-order valence-electron chi connectivity index (χ2n) is 4.50. The molecule has 0 bridgehead atoms. The molecule has 0 radical (unpaired) electrons. The van der Waals surface area contributed by atoms with Gasteiger partial charge in [0.05, 0.1) is 16.1 Å². The van der Waals surface area contributed by atoms with Crippen LogP contribution in [0.15, 0.2) is 30.3 Å². The van der Waals surface area contributed by atoms with Crippen LogP contribution in [0.5, 0.6) is 0 Å². The molecular formula is C13H14BrNO3. The van der Waals surface area contributed by atoms with Crippen LogP contribution in [-0.4, -0.2) is 26.4 Å². The fourth-order valence-corrected chi connectivity index (χ4v) is 2.53. The zero-order valence-electron chi connectivity index (χ0n) is 9.80. The zero-order chi connectivity index (χ0) is 13.2. The van der Waals surface area contributed by atoms with Crippen molar-refractivity contribution in [3.63, 3.8) is 0 Å². The summed E-state index contributed by atoms with van der Waals surface area (Å²) in [7, 11) is 0. The van der Waals surface area contributed by atoms with Gasteiger partial charge in [-0.15, -0.1) is 0 Å². The summed E-state index contributed by atoms with van der Waals surface area (Å²) in [6.45, 7) is 0. The molecule has 18 heavy (non-hydrogen) atoms. The Labute approximate surface area is 114 Å². The number of carboxylic acids is 1. The predicted octanol–water partition coefficient (Wildman–Crippen LogP) is 2.37. The van der Waals surface area contributed by atoms with Gasteiger partial charge in [0.15, 0.2) is 5.54 Å². The minimum absolute atomic E-state index is 0.182. The lowest BCUT2D eigenvalue weighted by Crippen LogP contribution is -2.40. The van der Waals surface area contributed by atoms with Gasteiger partial charge in [-0.25, -0.2) is 4.79 Å². The largest absolute Gasteiger partial charge is 0.479 e. The normalized spacial score (nSPS) is 16.1. The monoisotopic (exact) mass is 311 g/mol. The first-order chi connectivity index (χ1) is 8.56. The van der Waals surface area contributed by atoms with Crippen molar-refractivity contribution in [2.24, 2.45) is 0 Å². The van der Waals surface area contributed by atoms with E-state index in [1.54, 1.807) is 0 Å². The molecule has 2 rings (SSSR count). The first kappa shape index (κ1) is 13.1. The number of aliphatic carboxylic acids is 1. The van der Waals surface area contributed by atoms with E-state index in [4.69, 9.17) is 5.11 Å². The number of aryl methyl sites for hydroxylation is 1. The molecule has 0 aliphatic heterocycles. The van der Waals surface area contributed by atoms with Crippen molar-refractivity contribution >= 4 is 28.0 Å². The second kappa shape index (κ2) is 5.10. The lowest BCUT2D eigenvalue weighted by Gasteiger charge is -2.21. The molecule has 1 aliphatic carbocycles. The summed E-state index contributed by atoms with van der Waals surface area (Å²) < 4.78 is 1.21. The molecule has 1 saturated carbocycles. The first-order valence-corrected chi connectivity index (χ1v) is 6.53. The van der Waals surface area contributed by atoms with Gasteiger partial charge in [-0.1, -0.05) is 30.3 Å². The van der Waals surface area contributed by atoms with Crippen LogP contribution in [0.2, 0.25) is 0 Å². The molecule has 1 aromatic rings. The van der Waals surface area contributed by atoms with E-state index in [2.05, 4.69) is 16.1 Å². The third-order valence-electron chi connectivity index (χ3n) is 3.19. The molecule has 0 heterocycles. The molecule has 1 amide bonds. The third kappa shape index (κ3) is 2.56. The van der Waals surface area contributed by atoms with Crippen LogP contribution >= 0.6 is 16.1 Å². The number of hydrogen-bond donors (Lipinski definition) is 1. The minimum atomic E-state index is -1.01. The highest BCUT2D eigenvalue weighted by Crippen LogP contribution is 2.44. The Morgan fingerprint density at radius 2 is 1.89 bits per heavy atom. The van der Waals surface area contributed by atoms with E-state index in [0.717, 1.165) is 5.56 Å². The fraction of sp³-hybridized carbons (Fsp3) is 0.385. The molecule has 96 valence electrons. The van der Waals surface area contributed by atoms with Gasteiger partial charge in [-0.2, -0.15) is 0 Å². The Hall–Kier alpha value is -1.36. The van der Waals surface area contributed by atoms with Crippen molar-refractivity contribution < 1.29 is 14.7 Å². The molecule has 5 heteroatoms. The number of halogens is 1. The Morgan fingerprint density at radius 3 is 2.39 bits per heavy atom. The number of carboxylic acid groups (broad SMARTS) is 1. The van der Waals surface area contributed by atoms with Crippen LogP contribution in [-0.2, 0) is 16.0 Å². The van der Waals surface area contributed by atoms with Crippen molar-refractivity contribution in [3.05, 3.63) is 35.9 Å². The van der Waals surface area contributed by atoms with E-state index in [1.807, 2.05) is 30.3 Å². The highest BCUT2D eigenvalue weighted by molar-refractivity contribution is 9.07. The van der Waals surface area contributed by atoms with E-state index in [1.165, 1.54) is 3.93 Å². The maximum atomic E-state index is 11.9. The number of rotatable bonds is 5. The van der Waals surface area contributed by atoms with Crippen molar-refractivity contribution in [1.29, 1.82) is 0 Å².